The van der Waals surface area contributed by atoms with Gasteiger partial charge in [-0.1, -0.05) is 13.3 Å². The Morgan fingerprint density at radius 3 is 1.92 bits per heavy atom. The number of rotatable bonds is 39. The van der Waals surface area contributed by atoms with E-state index in [1.165, 1.54) is 12.1 Å². The summed E-state index contributed by atoms with van der Waals surface area (Å²) in [6.07, 6.45) is 0.584. The Kier molecular flexibility index (Phi) is 34.9. The zero-order valence-corrected chi connectivity index (χ0v) is 38.7. The molecule has 0 bridgehead atoms. The molecular weight excluding hydrogens is 816 g/mol. The summed E-state index contributed by atoms with van der Waals surface area (Å²) in [7, 11) is 32.4. The molecule has 2 N–H and O–H groups in total. The molecule has 1 amide bonds. The molecule has 5 atom stereocenters. The van der Waals surface area contributed by atoms with Crippen LogP contribution < -0.4 is 10.6 Å². The van der Waals surface area contributed by atoms with Crippen LogP contribution in [0.4, 0.5) is 0 Å². The Morgan fingerprint density at radius 2 is 1.32 bits per heavy atom. The van der Waals surface area contributed by atoms with Gasteiger partial charge in [-0.05, 0) is 6.92 Å². The predicted molar refractivity (Wildman–Crippen MR) is 253 cm³/mol. The topological polar surface area (TPSA) is 180 Å². The standard InChI is InChI=1S/C35H59B9N2O11P2S/c1-5-55-19-20-57-22-28(48)14-15-45-30(32(50)7-6-16-56-18-17-54-2)12-13-35(53)46-31(34(52)25-60(42-36,43-37)44(38)39)11-10-27(47)21-26(33(51)24-59(4)41)8-9-29(49)23-58(3)40/h26,30-31,45H,5-25H2,1-4H3,(H,46,53). The van der Waals surface area contributed by atoms with Crippen molar-refractivity contribution in [2.75, 3.05) is 91.3 Å². The van der Waals surface area contributed by atoms with Gasteiger partial charge in [0.05, 0.1) is 26.4 Å². The predicted octanol–water partition coefficient (Wildman–Crippen LogP) is -0.000400. The molecule has 0 aliphatic heterocycles. The molecule has 0 heterocycles. The molecule has 5 unspecified atom stereocenters. The fourth-order valence-electron chi connectivity index (χ4n) is 5.80. The minimum absolute atomic E-state index is 0.0395. The number of nitrogens with one attached hydrogen (secondary N) is 2. The maximum absolute atomic E-state index is 13.8. The third-order valence-corrected chi connectivity index (χ3v) is 13.7. The van der Waals surface area contributed by atoms with Crippen LogP contribution in [-0.2, 0) is 52.5 Å². The Bertz CT molecular complexity index is 1460. The van der Waals surface area contributed by atoms with Gasteiger partial charge in [0, 0.05) is 26.5 Å². The van der Waals surface area contributed by atoms with E-state index in [9.17, 15) is 33.6 Å². The molecule has 0 saturated carbocycles. The van der Waals surface area contributed by atoms with Crippen molar-refractivity contribution in [3.05, 3.63) is 0 Å². The van der Waals surface area contributed by atoms with Crippen LogP contribution in [0, 0.1) is 5.92 Å². The van der Waals surface area contributed by atoms with Crippen molar-refractivity contribution in [1.82, 2.24) is 10.6 Å². The fraction of sp³-hybridized carbons (Fsp3) is 0.800. The normalized spacial score (nSPS) is 13.8. The number of ether oxygens (including phenoxy) is 4. The average Bonchev–Trinajstić information content (AvgIpc) is 3.18. The van der Waals surface area contributed by atoms with Gasteiger partial charge in [0.25, 0.3) is 0 Å². The Morgan fingerprint density at radius 1 is 0.700 bits per heavy atom. The van der Waals surface area contributed by atoms with Gasteiger partial charge in [-0.2, -0.15) is 7.80 Å². The summed E-state index contributed by atoms with van der Waals surface area (Å²) in [6.45, 7) is 7.71. The van der Waals surface area contributed by atoms with Gasteiger partial charge in [-0.25, -0.2) is 0 Å². The minimum atomic E-state index is -2.49. The first kappa shape index (κ1) is 59.1. The first-order valence-electron chi connectivity index (χ1n) is 20.2. The van der Waals surface area contributed by atoms with Crippen molar-refractivity contribution in [3.8, 4) is 0 Å². The van der Waals surface area contributed by atoms with E-state index in [0.717, 1.165) is 0 Å². The summed E-state index contributed by atoms with van der Waals surface area (Å²) in [5.74, 6) is -4.25. The second kappa shape index (κ2) is 35.4. The van der Waals surface area contributed by atoms with Crippen LogP contribution in [0.1, 0.15) is 71.1 Å². The third-order valence-electron chi connectivity index (χ3n) is 9.20. The molecule has 0 rings (SSSR count). The zero-order valence-electron chi connectivity index (χ0n) is 36.1. The quantitative estimate of drug-likeness (QED) is 0.0481. The van der Waals surface area contributed by atoms with Gasteiger partial charge in [-0.3, -0.25) is 9.59 Å². The molecule has 0 aliphatic carbocycles. The molecule has 0 saturated heterocycles. The van der Waals surface area contributed by atoms with Gasteiger partial charge < -0.3 is 18.9 Å². The van der Waals surface area contributed by atoms with Crippen molar-refractivity contribution in [2.45, 2.75) is 83.2 Å². The SMILES string of the molecule is [B]B=S(=B[B])(CC(=O)C(CCC(=O)CC(CCC(=O)CP([B])C)C(=O)CP([B])C)NC(=O)CCC(NCCC(=O)COCCOCC)C(=O)CCCOCCOC)B([B])[B]. The number of ketones is 6. The number of hydrogen-bond donors (Lipinski definition) is 2. The zero-order chi connectivity index (χ0) is 45.5. The summed E-state index contributed by atoms with van der Waals surface area (Å²) in [5, 5.41) is 5.81. The van der Waals surface area contributed by atoms with Crippen LogP contribution in [0.3, 0.4) is 0 Å². The van der Waals surface area contributed by atoms with Crippen LogP contribution in [0.5, 0.6) is 0 Å². The first-order chi connectivity index (χ1) is 28.4. The summed E-state index contributed by atoms with van der Waals surface area (Å²) in [4.78, 5) is 91.9. The molecule has 318 valence electrons. The molecule has 0 fully saturated rings. The third kappa shape index (κ3) is 28.0. The van der Waals surface area contributed by atoms with Gasteiger partial charge >= 0.3 is 235 Å². The van der Waals surface area contributed by atoms with E-state index < -0.39 is 59.8 Å². The molecule has 25 heteroatoms. The van der Waals surface area contributed by atoms with Crippen LogP contribution in [-0.4, -0.2) is 208 Å². The Hall–Kier alpha value is -0.916. The Balaban J connectivity index is 6.00. The summed E-state index contributed by atoms with van der Waals surface area (Å²) >= 11 is 0. The van der Waals surface area contributed by atoms with Crippen LogP contribution in [0.25, 0.3) is 0 Å². The van der Waals surface area contributed by atoms with Crippen molar-refractivity contribution in [3.63, 3.8) is 0 Å². The first-order valence-corrected chi connectivity index (χ1v) is 26.2. The van der Waals surface area contributed by atoms with E-state index in [1.807, 2.05) is 6.92 Å². The number of methoxy groups -OCH3 is 1. The van der Waals surface area contributed by atoms with E-state index in [-0.39, 0.29) is 125 Å². The number of hydrogen-bond acceptors (Lipinski definition) is 12. The summed E-state index contributed by atoms with van der Waals surface area (Å²) in [6, 6.07) is 0.379. The van der Waals surface area contributed by atoms with Gasteiger partial charge in [0.2, 0.25) is 0 Å². The maximum atomic E-state index is 13.8. The number of Topliss-reactive ketones (excluding diaryl/α,β-unsaturated/α-hetero) is 6. The second-order valence-electron chi connectivity index (χ2n) is 14.5. The second-order valence-corrected chi connectivity index (χ2v) is 21.3. The molecule has 0 aromatic heterocycles. The number of amides is 1. The van der Waals surface area contributed by atoms with E-state index in [2.05, 4.69) is 10.6 Å². The fourth-order valence-corrected chi connectivity index (χ4v) is 8.80. The van der Waals surface area contributed by atoms with Crippen molar-refractivity contribution >= 4 is 129 Å². The molecule has 60 heavy (non-hydrogen) atoms. The van der Waals surface area contributed by atoms with Crippen LogP contribution >= 0.6 is 24.3 Å². The van der Waals surface area contributed by atoms with Gasteiger partial charge in [0.1, 0.15) is 21.7 Å². The summed E-state index contributed by atoms with van der Waals surface area (Å²) < 4.78 is 21.0. The number of carbonyl (C=O) groups is 7. The van der Waals surface area contributed by atoms with Crippen LogP contribution in [0.15, 0.2) is 0 Å². The number of carbonyl (C=O) groups excluding carboxylic acids is 7. The van der Waals surface area contributed by atoms with E-state index in [4.69, 9.17) is 65.0 Å². The van der Waals surface area contributed by atoms with Crippen molar-refractivity contribution in [1.29, 1.82) is 0 Å². The van der Waals surface area contributed by atoms with Gasteiger partial charge in [-0.15, -0.1) is 0 Å². The molecule has 0 aliphatic rings. The average molecular weight is 875 g/mol. The van der Waals surface area contributed by atoms with E-state index in [1.54, 1.807) is 20.4 Å². The molecule has 12 radical (unpaired) electrons. The van der Waals surface area contributed by atoms with E-state index in [0.29, 0.717) is 39.5 Å². The monoisotopic (exact) mass is 876 g/mol. The van der Waals surface area contributed by atoms with Crippen molar-refractivity contribution in [2.24, 2.45) is 5.92 Å². The molecule has 0 aromatic carbocycles. The van der Waals surface area contributed by atoms with Crippen LogP contribution in [0.2, 0.25) is 0 Å². The van der Waals surface area contributed by atoms with Gasteiger partial charge in [0.15, 0.2) is 5.78 Å². The van der Waals surface area contributed by atoms with Crippen molar-refractivity contribution < 1.29 is 52.5 Å². The Labute approximate surface area is 370 Å². The molecular formula is C35H59B9N2O11P2S. The molecule has 13 nitrogen and oxygen atoms in total. The van der Waals surface area contributed by atoms with E-state index >= 15 is 0 Å². The molecule has 0 spiro atoms. The molecule has 0 aromatic rings. The summed E-state index contributed by atoms with van der Waals surface area (Å²) in [5.41, 5.74) is 0.